The van der Waals surface area contributed by atoms with Gasteiger partial charge in [-0.3, -0.25) is 4.79 Å². The monoisotopic (exact) mass is 349 g/mol. The molecule has 0 atom stereocenters. The van der Waals surface area contributed by atoms with Crippen molar-refractivity contribution < 1.29 is 13.9 Å². The van der Waals surface area contributed by atoms with E-state index in [1.54, 1.807) is 6.07 Å². The van der Waals surface area contributed by atoms with Gasteiger partial charge in [0.2, 0.25) is 0 Å². The average Bonchev–Trinajstić information content (AvgIpc) is 3.17. The number of furan rings is 1. The average molecular weight is 349 g/mol. The van der Waals surface area contributed by atoms with E-state index in [0.717, 1.165) is 29.7 Å². The van der Waals surface area contributed by atoms with Crippen molar-refractivity contribution in [2.75, 3.05) is 31.2 Å². The number of hydrazone groups is 1. The van der Waals surface area contributed by atoms with Crippen molar-refractivity contribution in [1.29, 1.82) is 0 Å². The van der Waals surface area contributed by atoms with E-state index in [0.29, 0.717) is 24.5 Å². The molecule has 1 fully saturated rings. The molecule has 0 bridgehead atoms. The van der Waals surface area contributed by atoms with E-state index in [-0.39, 0.29) is 5.91 Å². The second-order valence-electron chi connectivity index (χ2n) is 6.04. The number of carbonyl (C=O) groups excluding carboxylic acids is 1. The molecule has 4 rings (SSSR count). The van der Waals surface area contributed by atoms with Crippen LogP contribution in [0.15, 0.2) is 64.1 Å². The van der Waals surface area contributed by atoms with Gasteiger partial charge in [-0.05, 0) is 29.0 Å². The molecule has 26 heavy (non-hydrogen) atoms. The summed E-state index contributed by atoms with van der Waals surface area (Å²) in [4.78, 5) is 14.4. The van der Waals surface area contributed by atoms with Gasteiger partial charge in [0.05, 0.1) is 19.4 Å². The zero-order valence-corrected chi connectivity index (χ0v) is 14.2. The van der Waals surface area contributed by atoms with Gasteiger partial charge >= 0.3 is 0 Å². The molecule has 1 aromatic heterocycles. The number of fused-ring (bicyclic) bond motifs is 1. The summed E-state index contributed by atoms with van der Waals surface area (Å²) in [6, 6.07) is 17.2. The van der Waals surface area contributed by atoms with Crippen molar-refractivity contribution in [2.24, 2.45) is 5.10 Å². The van der Waals surface area contributed by atoms with Gasteiger partial charge in [-0.15, -0.1) is 0 Å². The number of anilines is 1. The number of morpholine rings is 1. The highest BCUT2D eigenvalue weighted by atomic mass is 16.5. The van der Waals surface area contributed by atoms with Gasteiger partial charge in [-0.1, -0.05) is 30.3 Å². The first-order chi connectivity index (χ1) is 12.8. The highest BCUT2D eigenvalue weighted by Gasteiger charge is 2.14. The van der Waals surface area contributed by atoms with E-state index in [4.69, 9.17) is 9.15 Å². The predicted molar refractivity (Wildman–Crippen MR) is 101 cm³/mol. The lowest BCUT2D eigenvalue weighted by atomic mass is 10.1. The van der Waals surface area contributed by atoms with Crippen molar-refractivity contribution in [1.82, 2.24) is 5.43 Å². The fourth-order valence-corrected chi connectivity index (χ4v) is 2.91. The third-order valence-electron chi connectivity index (χ3n) is 4.30. The fourth-order valence-electron chi connectivity index (χ4n) is 2.91. The van der Waals surface area contributed by atoms with Crippen LogP contribution in [0.4, 0.5) is 5.88 Å². The first kappa shape index (κ1) is 16.4. The summed E-state index contributed by atoms with van der Waals surface area (Å²) in [7, 11) is 0. The smallest absolute Gasteiger partial charge is 0.271 e. The van der Waals surface area contributed by atoms with Crippen LogP contribution in [0, 0.1) is 0 Å². The summed E-state index contributed by atoms with van der Waals surface area (Å²) in [5.41, 5.74) is 3.10. The Labute approximate surface area is 151 Å². The van der Waals surface area contributed by atoms with Crippen LogP contribution in [0.5, 0.6) is 0 Å². The number of nitrogens with zero attached hydrogens (tertiary/aromatic N) is 2. The Hall–Kier alpha value is -3.12. The molecule has 0 radical (unpaired) electrons. The van der Waals surface area contributed by atoms with Crippen LogP contribution < -0.4 is 10.3 Å². The molecule has 1 saturated heterocycles. The molecule has 6 nitrogen and oxygen atoms in total. The van der Waals surface area contributed by atoms with Gasteiger partial charge in [0.25, 0.3) is 5.91 Å². The Morgan fingerprint density at radius 1 is 1.04 bits per heavy atom. The molecule has 1 N–H and O–H groups in total. The third-order valence-corrected chi connectivity index (χ3v) is 4.30. The normalized spacial score (nSPS) is 14.8. The van der Waals surface area contributed by atoms with Crippen molar-refractivity contribution >= 4 is 28.8 Å². The maximum absolute atomic E-state index is 12.3. The van der Waals surface area contributed by atoms with E-state index >= 15 is 0 Å². The summed E-state index contributed by atoms with van der Waals surface area (Å²) in [5.74, 6) is 1.12. The van der Waals surface area contributed by atoms with Crippen LogP contribution in [0.2, 0.25) is 0 Å². The number of hydrogen-bond acceptors (Lipinski definition) is 5. The summed E-state index contributed by atoms with van der Waals surface area (Å²) in [6.45, 7) is 3.02. The van der Waals surface area contributed by atoms with E-state index < -0.39 is 0 Å². The lowest BCUT2D eigenvalue weighted by Gasteiger charge is -2.26. The summed E-state index contributed by atoms with van der Waals surface area (Å²) >= 11 is 0. The van der Waals surface area contributed by atoms with Crippen molar-refractivity contribution in [3.63, 3.8) is 0 Å². The highest BCUT2D eigenvalue weighted by Crippen LogP contribution is 2.18. The van der Waals surface area contributed by atoms with E-state index in [1.165, 1.54) is 6.21 Å². The minimum absolute atomic E-state index is 0.257. The standard InChI is InChI=1S/C20H19N3O3/c24-20(17-6-5-15-3-1-2-4-16(15)13-17)22-21-14-18-7-8-19(26-18)23-9-11-25-12-10-23/h1-8,13-14H,9-12H2,(H,22,24)/b21-14-. The molecule has 2 heterocycles. The Balaban J connectivity index is 1.39. The maximum Gasteiger partial charge on any atom is 0.271 e. The Bertz CT molecular complexity index is 942. The summed E-state index contributed by atoms with van der Waals surface area (Å²) in [6.07, 6.45) is 1.50. The third kappa shape index (κ3) is 3.60. The Morgan fingerprint density at radius 3 is 2.69 bits per heavy atom. The molecule has 3 aromatic rings. The second-order valence-corrected chi connectivity index (χ2v) is 6.04. The highest BCUT2D eigenvalue weighted by molar-refractivity contribution is 5.98. The van der Waals surface area contributed by atoms with E-state index in [9.17, 15) is 4.79 Å². The number of amides is 1. The number of rotatable bonds is 4. The van der Waals surface area contributed by atoms with Gasteiger partial charge in [0, 0.05) is 24.7 Å². The fraction of sp³-hybridized carbons (Fsp3) is 0.200. The zero-order valence-electron chi connectivity index (χ0n) is 14.2. The predicted octanol–water partition coefficient (Wildman–Crippen LogP) is 3.03. The molecule has 1 amide bonds. The van der Waals surface area contributed by atoms with E-state index in [1.807, 2.05) is 48.5 Å². The Kier molecular flexibility index (Phi) is 4.66. The van der Waals surface area contributed by atoms with Gasteiger partial charge < -0.3 is 14.1 Å². The molecule has 1 aliphatic rings. The summed E-state index contributed by atoms with van der Waals surface area (Å²) in [5, 5.41) is 6.11. The van der Waals surface area contributed by atoms with Crippen LogP contribution >= 0.6 is 0 Å². The minimum Gasteiger partial charge on any atom is -0.440 e. The number of carbonyl (C=O) groups is 1. The molecule has 1 aliphatic heterocycles. The van der Waals surface area contributed by atoms with Crippen molar-refractivity contribution in [3.8, 4) is 0 Å². The molecule has 6 heteroatoms. The second kappa shape index (κ2) is 7.41. The van der Waals surface area contributed by atoms with E-state index in [2.05, 4.69) is 15.4 Å². The molecule has 132 valence electrons. The summed E-state index contributed by atoms with van der Waals surface area (Å²) < 4.78 is 11.1. The molecule has 0 spiro atoms. The van der Waals surface area contributed by atoms with Gasteiger partial charge in [0.1, 0.15) is 5.76 Å². The number of ether oxygens (including phenoxy) is 1. The largest absolute Gasteiger partial charge is 0.440 e. The van der Waals surface area contributed by atoms with Crippen LogP contribution in [-0.4, -0.2) is 38.4 Å². The van der Waals surface area contributed by atoms with Gasteiger partial charge in [0.15, 0.2) is 5.88 Å². The van der Waals surface area contributed by atoms with Crippen LogP contribution in [0.3, 0.4) is 0 Å². The van der Waals surface area contributed by atoms with Crippen LogP contribution in [0.1, 0.15) is 16.1 Å². The van der Waals surface area contributed by atoms with Crippen molar-refractivity contribution in [3.05, 3.63) is 65.9 Å². The SMILES string of the molecule is O=C(N/N=C\c1ccc(N2CCOCC2)o1)c1ccc2ccccc2c1. The number of nitrogens with one attached hydrogen (secondary N) is 1. The molecule has 0 aliphatic carbocycles. The number of benzene rings is 2. The van der Waals surface area contributed by atoms with Crippen LogP contribution in [-0.2, 0) is 4.74 Å². The molecular weight excluding hydrogens is 330 g/mol. The molecule has 0 unspecified atom stereocenters. The maximum atomic E-state index is 12.3. The van der Waals surface area contributed by atoms with Gasteiger partial charge in [-0.25, -0.2) is 5.43 Å². The van der Waals surface area contributed by atoms with Crippen molar-refractivity contribution in [2.45, 2.75) is 0 Å². The zero-order chi connectivity index (χ0) is 17.8. The molecule has 2 aromatic carbocycles. The first-order valence-corrected chi connectivity index (χ1v) is 8.54. The molecule has 0 saturated carbocycles. The van der Waals surface area contributed by atoms with Gasteiger partial charge in [-0.2, -0.15) is 5.10 Å². The Morgan fingerprint density at radius 2 is 1.85 bits per heavy atom. The number of hydrogen-bond donors (Lipinski definition) is 1. The first-order valence-electron chi connectivity index (χ1n) is 8.54. The topological polar surface area (TPSA) is 67.1 Å². The lowest BCUT2D eigenvalue weighted by Crippen LogP contribution is -2.35. The van der Waals surface area contributed by atoms with Crippen LogP contribution in [0.25, 0.3) is 10.8 Å². The molecular formula is C20H19N3O3. The quantitative estimate of drug-likeness (QED) is 0.581. The minimum atomic E-state index is -0.257. The lowest BCUT2D eigenvalue weighted by molar-refractivity contribution is 0.0955.